The van der Waals surface area contributed by atoms with Gasteiger partial charge in [-0.2, -0.15) is 0 Å². The molecule has 0 unspecified atom stereocenters. The molecule has 0 aliphatic carbocycles. The summed E-state index contributed by atoms with van der Waals surface area (Å²) >= 11 is 2.95. The second-order valence-electron chi connectivity index (χ2n) is 2.99. The number of carbonyl (C=O) groups excluding carboxylic acids is 2. The van der Waals surface area contributed by atoms with Gasteiger partial charge in [-0.05, 0) is 31.2 Å². The van der Waals surface area contributed by atoms with Crippen LogP contribution < -0.4 is 0 Å². The Balaban J connectivity index is 2.78. The van der Waals surface area contributed by atoms with E-state index in [1.54, 1.807) is 6.92 Å². The van der Waals surface area contributed by atoms with E-state index in [0.29, 0.717) is 0 Å². The minimum Gasteiger partial charge on any atom is -0.465 e. The molecule has 0 saturated carbocycles. The molecule has 1 atom stereocenters. The summed E-state index contributed by atoms with van der Waals surface area (Å²) < 4.78 is 17.3. The third-order valence-corrected chi connectivity index (χ3v) is 2.64. The number of halogens is 2. The van der Waals surface area contributed by atoms with Crippen LogP contribution in [0, 0.1) is 5.82 Å². The molecule has 0 spiro atoms. The number of Topliss-reactive ketones (excluding diaryl/α,β-unsaturated/α-hetero) is 1. The second-order valence-corrected chi connectivity index (χ2v) is 3.90. The molecule has 0 N–H and O–H groups in total. The van der Waals surface area contributed by atoms with Gasteiger partial charge < -0.3 is 4.74 Å². The number of ether oxygens (including phenoxy) is 1. The van der Waals surface area contributed by atoms with Crippen LogP contribution in [0.5, 0.6) is 0 Å². The van der Waals surface area contributed by atoms with Crippen molar-refractivity contribution in [3.8, 4) is 0 Å². The predicted molar refractivity (Wildman–Crippen MR) is 60.1 cm³/mol. The lowest BCUT2D eigenvalue weighted by Gasteiger charge is -2.07. The Kier molecular flexibility index (Phi) is 4.61. The normalized spacial score (nSPS) is 11.9. The van der Waals surface area contributed by atoms with Gasteiger partial charge in [0.15, 0.2) is 10.6 Å². The van der Waals surface area contributed by atoms with Crippen LogP contribution in [0.4, 0.5) is 4.39 Å². The minimum atomic E-state index is -1.04. The monoisotopic (exact) mass is 288 g/mol. The maximum Gasteiger partial charge on any atom is 0.327 e. The summed E-state index contributed by atoms with van der Waals surface area (Å²) in [6, 6.07) is 4.98. The summed E-state index contributed by atoms with van der Waals surface area (Å²) in [6.45, 7) is 1.86. The Morgan fingerprint density at radius 1 is 1.38 bits per heavy atom. The van der Waals surface area contributed by atoms with Gasteiger partial charge in [0.05, 0.1) is 6.61 Å². The average Bonchev–Trinajstić information content (AvgIpc) is 2.28. The molecule has 3 nitrogen and oxygen atoms in total. The van der Waals surface area contributed by atoms with E-state index >= 15 is 0 Å². The first kappa shape index (κ1) is 12.8. The van der Waals surface area contributed by atoms with E-state index in [1.165, 1.54) is 12.1 Å². The summed E-state index contributed by atoms with van der Waals surface area (Å²) in [5, 5.41) is 0. The highest BCUT2D eigenvalue weighted by Crippen LogP contribution is 2.12. The van der Waals surface area contributed by atoms with Gasteiger partial charge in [-0.1, -0.05) is 15.9 Å². The first-order chi connectivity index (χ1) is 7.56. The molecule has 0 aliphatic rings. The second kappa shape index (κ2) is 5.75. The van der Waals surface area contributed by atoms with Crippen molar-refractivity contribution in [2.24, 2.45) is 0 Å². The molecule has 0 fully saturated rings. The summed E-state index contributed by atoms with van der Waals surface area (Å²) in [4.78, 5) is 21.9. The van der Waals surface area contributed by atoms with Gasteiger partial charge in [0.2, 0.25) is 0 Å². The maximum absolute atomic E-state index is 12.6. The predicted octanol–water partition coefficient (Wildman–Crippen LogP) is 2.33. The molecular formula is C11H10BrFO3. The molecule has 5 heteroatoms. The molecule has 16 heavy (non-hydrogen) atoms. The molecule has 1 rings (SSSR count). The highest BCUT2D eigenvalue weighted by atomic mass is 79.9. The molecule has 86 valence electrons. The fourth-order valence-corrected chi connectivity index (χ4v) is 1.48. The van der Waals surface area contributed by atoms with Crippen LogP contribution in [0.2, 0.25) is 0 Å². The highest BCUT2D eigenvalue weighted by molar-refractivity contribution is 9.10. The summed E-state index contributed by atoms with van der Waals surface area (Å²) in [5.41, 5.74) is 0.260. The van der Waals surface area contributed by atoms with Crippen molar-refractivity contribution in [2.45, 2.75) is 11.8 Å². The van der Waals surface area contributed by atoms with E-state index in [9.17, 15) is 14.0 Å². The van der Waals surface area contributed by atoms with E-state index < -0.39 is 22.4 Å². The molecule has 0 aromatic heterocycles. The number of ketones is 1. The van der Waals surface area contributed by atoms with E-state index in [-0.39, 0.29) is 12.2 Å². The van der Waals surface area contributed by atoms with Crippen LogP contribution in [-0.2, 0) is 9.53 Å². The molecule has 0 bridgehead atoms. The van der Waals surface area contributed by atoms with Gasteiger partial charge in [-0.15, -0.1) is 0 Å². The van der Waals surface area contributed by atoms with E-state index in [1.807, 2.05) is 0 Å². The topological polar surface area (TPSA) is 43.4 Å². The van der Waals surface area contributed by atoms with Gasteiger partial charge in [0, 0.05) is 5.56 Å². The number of hydrogen-bond acceptors (Lipinski definition) is 3. The Morgan fingerprint density at radius 2 is 1.94 bits per heavy atom. The van der Waals surface area contributed by atoms with E-state index in [0.717, 1.165) is 12.1 Å². The quantitative estimate of drug-likeness (QED) is 0.370. The molecule has 1 aromatic carbocycles. The Hall–Kier alpha value is -1.23. The lowest BCUT2D eigenvalue weighted by molar-refractivity contribution is -0.141. The summed E-state index contributed by atoms with van der Waals surface area (Å²) in [7, 11) is 0. The maximum atomic E-state index is 12.6. The van der Waals surface area contributed by atoms with Gasteiger partial charge in [-0.25, -0.2) is 4.39 Å². The molecule has 0 heterocycles. The van der Waals surface area contributed by atoms with E-state index in [2.05, 4.69) is 20.7 Å². The van der Waals surface area contributed by atoms with Crippen molar-refractivity contribution in [3.05, 3.63) is 35.6 Å². The van der Waals surface area contributed by atoms with Crippen molar-refractivity contribution in [1.82, 2.24) is 0 Å². The molecular weight excluding hydrogens is 279 g/mol. The highest BCUT2D eigenvalue weighted by Gasteiger charge is 2.25. The minimum absolute atomic E-state index is 0.206. The lowest BCUT2D eigenvalue weighted by atomic mass is 10.1. The van der Waals surface area contributed by atoms with Gasteiger partial charge in [0.1, 0.15) is 5.82 Å². The number of alkyl halides is 1. The van der Waals surface area contributed by atoms with Gasteiger partial charge in [-0.3, -0.25) is 9.59 Å². The summed E-state index contributed by atoms with van der Waals surface area (Å²) in [5.74, 6) is -1.52. The van der Waals surface area contributed by atoms with Crippen LogP contribution in [0.1, 0.15) is 17.3 Å². The fourth-order valence-electron chi connectivity index (χ4n) is 1.08. The summed E-state index contributed by atoms with van der Waals surface area (Å²) in [6.07, 6.45) is 0. The van der Waals surface area contributed by atoms with E-state index in [4.69, 9.17) is 0 Å². The average molecular weight is 289 g/mol. The van der Waals surface area contributed by atoms with Crippen LogP contribution in [-0.4, -0.2) is 23.2 Å². The van der Waals surface area contributed by atoms with Crippen LogP contribution in [0.3, 0.4) is 0 Å². The number of benzene rings is 1. The first-order valence-corrected chi connectivity index (χ1v) is 5.58. The lowest BCUT2D eigenvalue weighted by Crippen LogP contribution is -2.26. The first-order valence-electron chi connectivity index (χ1n) is 4.66. The standard InChI is InChI=1S/C11H10BrFO3/c1-2-16-11(15)9(12)10(14)7-3-5-8(13)6-4-7/h3-6,9H,2H2,1H3/t9-/m0/s1. The van der Waals surface area contributed by atoms with Gasteiger partial charge in [0.25, 0.3) is 0 Å². The van der Waals surface area contributed by atoms with Crippen LogP contribution >= 0.6 is 15.9 Å². The number of carbonyl (C=O) groups is 2. The third-order valence-electron chi connectivity index (χ3n) is 1.85. The largest absolute Gasteiger partial charge is 0.465 e. The van der Waals surface area contributed by atoms with Crippen molar-refractivity contribution in [1.29, 1.82) is 0 Å². The Bertz CT molecular complexity index is 389. The smallest absolute Gasteiger partial charge is 0.327 e. The van der Waals surface area contributed by atoms with Crippen molar-refractivity contribution >= 4 is 27.7 Å². The number of esters is 1. The Labute approximate surface area is 101 Å². The Morgan fingerprint density at radius 3 is 2.44 bits per heavy atom. The third kappa shape index (κ3) is 3.13. The number of hydrogen-bond donors (Lipinski definition) is 0. The zero-order valence-corrected chi connectivity index (χ0v) is 10.2. The zero-order valence-electron chi connectivity index (χ0n) is 8.57. The molecule has 0 aliphatic heterocycles. The van der Waals surface area contributed by atoms with Crippen molar-refractivity contribution < 1.29 is 18.7 Å². The molecule has 0 saturated heterocycles. The van der Waals surface area contributed by atoms with Crippen molar-refractivity contribution in [2.75, 3.05) is 6.61 Å². The van der Waals surface area contributed by atoms with Gasteiger partial charge >= 0.3 is 5.97 Å². The SMILES string of the molecule is CCOC(=O)[C@@H](Br)C(=O)c1ccc(F)cc1. The zero-order chi connectivity index (χ0) is 12.1. The number of rotatable bonds is 4. The van der Waals surface area contributed by atoms with Crippen molar-refractivity contribution in [3.63, 3.8) is 0 Å². The molecule has 0 radical (unpaired) electrons. The molecule has 0 amide bonds. The van der Waals surface area contributed by atoms with Crippen LogP contribution in [0.15, 0.2) is 24.3 Å². The molecule has 1 aromatic rings. The van der Waals surface area contributed by atoms with Crippen LogP contribution in [0.25, 0.3) is 0 Å². The fraction of sp³-hybridized carbons (Fsp3) is 0.273.